The molecule has 4 saturated carbocycles. The third kappa shape index (κ3) is 18.9. The van der Waals surface area contributed by atoms with Crippen LogP contribution in [0.1, 0.15) is 201 Å². The van der Waals surface area contributed by atoms with Gasteiger partial charge in [0.1, 0.15) is 28.8 Å². The number of hydrogen-bond donors (Lipinski definition) is 0. The molecule has 6 atom stereocenters. The van der Waals surface area contributed by atoms with Crippen LogP contribution in [0.25, 0.3) is 0 Å². The molecule has 0 N–H and O–H groups in total. The van der Waals surface area contributed by atoms with Crippen LogP contribution in [0.15, 0.2) is 78.9 Å². The number of nitriles is 1. The molecule has 4 aromatic rings. The number of hydrogen-bond acceptors (Lipinski definition) is 13. The highest BCUT2D eigenvalue weighted by Gasteiger charge is 2.44. The predicted octanol–water partition coefficient (Wildman–Crippen LogP) is 16.5. The molecular weight excluding hydrogens is 1280 g/mol. The van der Waals surface area contributed by atoms with Gasteiger partial charge in [-0.3, -0.25) is 4.21 Å². The first-order valence-electron chi connectivity index (χ1n) is 38.3. The van der Waals surface area contributed by atoms with Gasteiger partial charge in [0.2, 0.25) is 0 Å². The van der Waals surface area contributed by atoms with Gasteiger partial charge < -0.3 is 52.9 Å². The molecule has 1 amide bonds. The van der Waals surface area contributed by atoms with Crippen LogP contribution >= 0.6 is 11.6 Å². The fraction of sp³-hybridized carbons (Fsp3) is 0.683. The molecule has 4 bridgehead atoms. The Balaban J connectivity index is 0.000000134. The number of halogens is 2. The van der Waals surface area contributed by atoms with E-state index in [9.17, 15) is 18.7 Å². The van der Waals surface area contributed by atoms with Crippen molar-refractivity contribution in [3.8, 4) is 29.1 Å². The van der Waals surface area contributed by atoms with Crippen LogP contribution in [-0.2, 0) is 31.3 Å². The van der Waals surface area contributed by atoms with E-state index < -0.39 is 21.8 Å². The molecule has 99 heavy (non-hydrogen) atoms. The van der Waals surface area contributed by atoms with Gasteiger partial charge in [0, 0.05) is 109 Å². The van der Waals surface area contributed by atoms with Gasteiger partial charge >= 0.3 is 6.09 Å². The predicted molar refractivity (Wildman–Crippen MR) is 396 cm³/mol. The van der Waals surface area contributed by atoms with Gasteiger partial charge in [-0.15, -0.1) is 0 Å². The van der Waals surface area contributed by atoms with Gasteiger partial charge in [-0.1, -0.05) is 73.2 Å². The Morgan fingerprint density at radius 3 is 1.56 bits per heavy atom. The summed E-state index contributed by atoms with van der Waals surface area (Å²) in [5, 5.41) is 10.8. The summed E-state index contributed by atoms with van der Waals surface area (Å²) in [5.74, 6) is 10.4. The number of ether oxygens (including phenoxy) is 6. The molecule has 6 heterocycles. The molecule has 4 aromatic carbocycles. The number of rotatable bonds is 14. The van der Waals surface area contributed by atoms with Crippen molar-refractivity contribution in [1.29, 1.82) is 5.26 Å². The van der Waals surface area contributed by atoms with Crippen LogP contribution < -0.4 is 18.9 Å². The highest BCUT2D eigenvalue weighted by atomic mass is 35.5. The van der Waals surface area contributed by atoms with Crippen molar-refractivity contribution in [2.75, 3.05) is 119 Å². The summed E-state index contributed by atoms with van der Waals surface area (Å²) in [5.41, 5.74) is 5.00. The Labute approximate surface area is 601 Å². The van der Waals surface area contributed by atoms with Crippen molar-refractivity contribution in [3.05, 3.63) is 118 Å². The molecule has 14 rings (SSSR count). The first-order chi connectivity index (χ1) is 48.2. The lowest BCUT2D eigenvalue weighted by Gasteiger charge is -2.44. The molecule has 5 unspecified atom stereocenters. The second-order valence-corrected chi connectivity index (χ2v) is 32.9. The molecule has 6 aliphatic heterocycles. The fourth-order valence-corrected chi connectivity index (χ4v) is 21.0. The number of amides is 1. The Morgan fingerprint density at radius 1 is 0.525 bits per heavy atom. The maximum Gasteiger partial charge on any atom is 0.409 e. The topological polar surface area (TPSA) is 130 Å². The molecule has 10 aliphatic rings. The SMILES string of the molecule is CCOC(=O)N1CCC(N2CCC(C#N)(c3ccccc3OC)CC2)CC1.COc1ccc(C)cc1C1CCN(C2CC[C@H]3CCC(C2)C3)CC1.COc1ccc(Cl)cc1C1CCN(C2CCS(=O)CC2)CC1.COc1ccc(F)cc1C1(OC)CCN(C2CCC3CCC(C3)C2)CC1. The van der Waals surface area contributed by atoms with Crippen LogP contribution in [0.5, 0.6) is 23.0 Å². The third-order valence-corrected chi connectivity index (χ3v) is 27.0. The van der Waals surface area contributed by atoms with E-state index in [1.54, 1.807) is 45.5 Å². The monoisotopic (exact) mass is 1400 g/mol. The third-order valence-electron chi connectivity index (χ3n) is 25.4. The lowest BCUT2D eigenvalue weighted by Crippen LogP contribution is -2.51. The standard InChI is InChI=1S/C22H32FNO2.C22H33NO.C21H29N3O3.C17H24ClNO2S/c1-25-21-8-6-18(23)15-20(21)22(26-2)9-11-24(12-10-22)19-7-5-16-3-4-17(13-16)14-19;1-16-3-8-22(24-2)21(13-16)19-9-11-23(12-10-19)20-7-6-17-4-5-18(14-17)15-20;1-3-27-20(25)24-12-8-17(9-13-24)23-14-10-21(16-22,11-15-23)18-6-4-5-7-19(18)26-2;1-21-17-3-2-14(18)12-16(17)13-4-8-19(9-5-13)15-6-10-22(20)11-7-15/h6,8,15-17,19H,3-5,7,9-14H2,1-2H3;3,8,13,17-20H,4-7,9-12,14-15H2,1-2H3;4-7,17H,3,8-15H2,1-2H3;2-3,12-13,15H,4-11H2,1H3/t;17-,18?,20?;;/m.1../s1. The Kier molecular flexibility index (Phi) is 27.3. The van der Waals surface area contributed by atoms with Crippen molar-refractivity contribution in [1.82, 2.24) is 24.5 Å². The lowest BCUT2D eigenvalue weighted by atomic mass is 9.73. The summed E-state index contributed by atoms with van der Waals surface area (Å²) in [4.78, 5) is 24.3. The zero-order valence-electron chi connectivity index (χ0n) is 61.1. The quantitative estimate of drug-likeness (QED) is 0.119. The Bertz CT molecular complexity index is 3270. The van der Waals surface area contributed by atoms with E-state index >= 15 is 0 Å². The summed E-state index contributed by atoms with van der Waals surface area (Å²) >= 11 is 6.16. The summed E-state index contributed by atoms with van der Waals surface area (Å²) in [6, 6.07) is 30.6. The normalized spacial score (nSPS) is 27.8. The molecule has 544 valence electrons. The maximum atomic E-state index is 13.9. The smallest absolute Gasteiger partial charge is 0.409 e. The van der Waals surface area contributed by atoms with Crippen molar-refractivity contribution >= 4 is 28.5 Å². The fourth-order valence-electron chi connectivity index (χ4n) is 19.6. The van der Waals surface area contributed by atoms with Crippen LogP contribution in [0.3, 0.4) is 0 Å². The largest absolute Gasteiger partial charge is 0.496 e. The summed E-state index contributed by atoms with van der Waals surface area (Å²) in [7, 11) is 8.03. The van der Waals surface area contributed by atoms with E-state index in [4.69, 9.17) is 40.0 Å². The van der Waals surface area contributed by atoms with Crippen molar-refractivity contribution in [2.45, 2.75) is 215 Å². The second-order valence-electron chi connectivity index (χ2n) is 30.8. The molecular formula is C82H118ClFN6O8S. The maximum absolute atomic E-state index is 13.9. The highest BCUT2D eigenvalue weighted by Crippen LogP contribution is 2.48. The molecule has 0 spiro atoms. The summed E-state index contributed by atoms with van der Waals surface area (Å²) < 4.78 is 58.7. The van der Waals surface area contributed by atoms with E-state index in [-0.39, 0.29) is 11.9 Å². The van der Waals surface area contributed by atoms with Crippen LogP contribution in [0.4, 0.5) is 9.18 Å². The summed E-state index contributed by atoms with van der Waals surface area (Å²) in [6.07, 6.45) is 29.7. The van der Waals surface area contributed by atoms with Crippen LogP contribution in [0, 0.1) is 47.7 Å². The number of methoxy groups -OCH3 is 5. The van der Waals surface area contributed by atoms with Gasteiger partial charge in [-0.05, 0) is 264 Å². The second kappa shape index (κ2) is 35.9. The molecule has 0 radical (unpaired) electrons. The molecule has 4 aliphatic carbocycles. The number of carbonyl (C=O) groups is 1. The highest BCUT2D eigenvalue weighted by molar-refractivity contribution is 7.85. The first kappa shape index (κ1) is 75.2. The number of likely N-dealkylation sites (tertiary alicyclic amines) is 5. The molecule has 10 fully saturated rings. The van der Waals surface area contributed by atoms with E-state index in [1.165, 1.54) is 126 Å². The van der Waals surface area contributed by atoms with E-state index in [2.05, 4.69) is 56.9 Å². The van der Waals surface area contributed by atoms with Crippen molar-refractivity contribution < 1.29 is 41.8 Å². The molecule has 0 aromatic heterocycles. The number of aryl methyl sites for hydroxylation is 1. The Morgan fingerprint density at radius 2 is 1.00 bits per heavy atom. The number of para-hydroxylation sites is 1. The average molecular weight is 1400 g/mol. The van der Waals surface area contributed by atoms with E-state index in [1.807, 2.05) is 50.4 Å². The van der Waals surface area contributed by atoms with Crippen molar-refractivity contribution in [2.24, 2.45) is 23.7 Å². The molecule has 17 heteroatoms. The van der Waals surface area contributed by atoms with Gasteiger partial charge in [-0.2, -0.15) is 5.26 Å². The van der Waals surface area contributed by atoms with E-state index in [0.717, 1.165) is 203 Å². The zero-order valence-corrected chi connectivity index (χ0v) is 62.6. The number of carbonyl (C=O) groups excluding carboxylic acids is 1. The average Bonchev–Trinajstić information content (AvgIpc) is 1.20. The minimum Gasteiger partial charge on any atom is -0.496 e. The molecule has 14 nitrogen and oxygen atoms in total. The number of fused-ring (bicyclic) bond motifs is 4. The minimum atomic E-state index is -0.567. The number of piperidine rings is 5. The number of benzene rings is 4. The van der Waals surface area contributed by atoms with Gasteiger partial charge in [-0.25, -0.2) is 9.18 Å². The number of nitrogens with zero attached hydrogens (tertiary/aromatic N) is 6. The first-order valence-corrected chi connectivity index (χ1v) is 40.2. The lowest BCUT2D eigenvalue weighted by molar-refractivity contribution is -0.0723. The van der Waals surface area contributed by atoms with Crippen LogP contribution in [-0.4, -0.2) is 178 Å². The van der Waals surface area contributed by atoms with Gasteiger partial charge in [0.05, 0.1) is 52.1 Å². The minimum absolute atomic E-state index is 0.200. The van der Waals surface area contributed by atoms with Crippen LogP contribution in [0.2, 0.25) is 5.02 Å². The molecule has 6 saturated heterocycles. The van der Waals surface area contributed by atoms with Gasteiger partial charge in [0.25, 0.3) is 0 Å². The van der Waals surface area contributed by atoms with Crippen molar-refractivity contribution in [3.63, 3.8) is 0 Å². The van der Waals surface area contributed by atoms with Gasteiger partial charge in [0.15, 0.2) is 0 Å². The summed E-state index contributed by atoms with van der Waals surface area (Å²) in [6.45, 7) is 14.6. The Hall–Kier alpha value is -4.99. The zero-order chi connectivity index (χ0) is 69.5. The van der Waals surface area contributed by atoms with E-state index in [0.29, 0.717) is 30.5 Å².